The standard InChI is InChI=1S/C6H12OS/c1-6(8)4-2-3-5-7-6/h8H,2-5H2,1H3/t6-/m1/s1. The predicted molar refractivity (Wildman–Crippen MR) is 37.2 cm³/mol. The molecule has 0 aliphatic carbocycles. The van der Waals surface area contributed by atoms with Crippen molar-refractivity contribution in [1.82, 2.24) is 0 Å². The lowest BCUT2D eigenvalue weighted by molar-refractivity contribution is 0.00389. The number of ether oxygens (including phenoxy) is 1. The molecule has 1 aliphatic heterocycles. The summed E-state index contributed by atoms with van der Waals surface area (Å²) in [6.07, 6.45) is 3.56. The zero-order valence-electron chi connectivity index (χ0n) is 5.18. The van der Waals surface area contributed by atoms with E-state index in [0.717, 1.165) is 13.0 Å². The Hall–Kier alpha value is 0.310. The molecule has 1 aliphatic rings. The van der Waals surface area contributed by atoms with Crippen LogP contribution < -0.4 is 0 Å². The molecular formula is C6H12OS. The first-order valence-electron chi connectivity index (χ1n) is 3.07. The SMILES string of the molecule is C[C@@]1(S)CCCCO1. The van der Waals surface area contributed by atoms with Crippen LogP contribution in [0.3, 0.4) is 0 Å². The minimum atomic E-state index is -0.127. The lowest BCUT2D eigenvalue weighted by atomic mass is 10.1. The van der Waals surface area contributed by atoms with Crippen LogP contribution in [-0.2, 0) is 4.74 Å². The first kappa shape index (κ1) is 6.43. The fourth-order valence-electron chi connectivity index (χ4n) is 0.919. The third kappa shape index (κ3) is 1.67. The fourth-order valence-corrected chi connectivity index (χ4v) is 1.17. The number of hydrogen-bond acceptors (Lipinski definition) is 2. The monoisotopic (exact) mass is 132 g/mol. The average molecular weight is 132 g/mol. The van der Waals surface area contributed by atoms with Crippen LogP contribution in [-0.4, -0.2) is 11.5 Å². The van der Waals surface area contributed by atoms with E-state index in [1.165, 1.54) is 12.8 Å². The van der Waals surface area contributed by atoms with Crippen LogP contribution in [0.4, 0.5) is 0 Å². The Morgan fingerprint density at radius 1 is 1.50 bits per heavy atom. The van der Waals surface area contributed by atoms with Gasteiger partial charge in [0.2, 0.25) is 0 Å². The zero-order chi connectivity index (χ0) is 6.04. The summed E-state index contributed by atoms with van der Waals surface area (Å²) in [5.74, 6) is 0. The van der Waals surface area contributed by atoms with E-state index in [4.69, 9.17) is 4.74 Å². The van der Waals surface area contributed by atoms with E-state index in [1.54, 1.807) is 0 Å². The molecule has 1 heterocycles. The van der Waals surface area contributed by atoms with Crippen LogP contribution in [0.2, 0.25) is 0 Å². The molecule has 0 aromatic heterocycles. The van der Waals surface area contributed by atoms with E-state index in [0.29, 0.717) is 0 Å². The number of rotatable bonds is 0. The van der Waals surface area contributed by atoms with Gasteiger partial charge in [0, 0.05) is 6.61 Å². The van der Waals surface area contributed by atoms with Crippen LogP contribution in [0.15, 0.2) is 0 Å². The van der Waals surface area contributed by atoms with Crippen LogP contribution in [0.25, 0.3) is 0 Å². The highest BCUT2D eigenvalue weighted by molar-refractivity contribution is 7.81. The smallest absolute Gasteiger partial charge is 0.108 e. The van der Waals surface area contributed by atoms with Gasteiger partial charge in [0.1, 0.15) is 4.93 Å². The summed E-state index contributed by atoms with van der Waals surface area (Å²) in [7, 11) is 0. The minimum absolute atomic E-state index is 0.127. The van der Waals surface area contributed by atoms with Gasteiger partial charge >= 0.3 is 0 Å². The van der Waals surface area contributed by atoms with Crippen molar-refractivity contribution in [3.63, 3.8) is 0 Å². The van der Waals surface area contributed by atoms with Gasteiger partial charge in [-0.3, -0.25) is 0 Å². The van der Waals surface area contributed by atoms with E-state index in [9.17, 15) is 0 Å². The van der Waals surface area contributed by atoms with Gasteiger partial charge in [0.25, 0.3) is 0 Å². The van der Waals surface area contributed by atoms with Crippen molar-refractivity contribution in [2.24, 2.45) is 0 Å². The van der Waals surface area contributed by atoms with E-state index in [2.05, 4.69) is 12.6 Å². The van der Waals surface area contributed by atoms with E-state index >= 15 is 0 Å². The van der Waals surface area contributed by atoms with Gasteiger partial charge in [0.05, 0.1) is 0 Å². The molecule has 1 fully saturated rings. The van der Waals surface area contributed by atoms with Gasteiger partial charge in [-0.05, 0) is 26.2 Å². The lowest BCUT2D eigenvalue weighted by Gasteiger charge is -2.28. The lowest BCUT2D eigenvalue weighted by Crippen LogP contribution is -2.25. The topological polar surface area (TPSA) is 9.23 Å². The van der Waals surface area contributed by atoms with E-state index in [1.807, 2.05) is 6.92 Å². The highest BCUT2D eigenvalue weighted by atomic mass is 32.1. The maximum absolute atomic E-state index is 5.33. The molecule has 0 spiro atoms. The van der Waals surface area contributed by atoms with Crippen molar-refractivity contribution in [3.05, 3.63) is 0 Å². The Morgan fingerprint density at radius 3 is 2.50 bits per heavy atom. The molecule has 1 nitrogen and oxygen atoms in total. The molecule has 0 aromatic rings. The van der Waals surface area contributed by atoms with Crippen molar-refractivity contribution in [2.45, 2.75) is 31.1 Å². The van der Waals surface area contributed by atoms with Gasteiger partial charge in [-0.15, -0.1) is 12.6 Å². The van der Waals surface area contributed by atoms with Crippen LogP contribution in [0.1, 0.15) is 26.2 Å². The second-order valence-corrected chi connectivity index (χ2v) is 3.43. The van der Waals surface area contributed by atoms with E-state index in [-0.39, 0.29) is 4.93 Å². The van der Waals surface area contributed by atoms with Crippen molar-refractivity contribution >= 4 is 12.6 Å². The van der Waals surface area contributed by atoms with Crippen LogP contribution in [0, 0.1) is 0 Å². The molecule has 1 atom stereocenters. The average Bonchev–Trinajstić information content (AvgIpc) is 1.65. The third-order valence-electron chi connectivity index (χ3n) is 1.45. The summed E-state index contributed by atoms with van der Waals surface area (Å²) < 4.78 is 5.33. The Kier molecular flexibility index (Phi) is 1.83. The number of thiol groups is 1. The first-order valence-corrected chi connectivity index (χ1v) is 3.52. The molecule has 0 aromatic carbocycles. The normalized spacial score (nSPS) is 39.8. The van der Waals surface area contributed by atoms with Gasteiger partial charge in [-0.1, -0.05) is 0 Å². The largest absolute Gasteiger partial charge is 0.365 e. The van der Waals surface area contributed by atoms with Crippen LogP contribution in [0.5, 0.6) is 0 Å². The quantitative estimate of drug-likeness (QED) is 0.495. The van der Waals surface area contributed by atoms with Gasteiger partial charge in [-0.25, -0.2) is 0 Å². The fraction of sp³-hybridized carbons (Fsp3) is 1.00. The Labute approximate surface area is 55.8 Å². The first-order chi connectivity index (χ1) is 3.71. The van der Waals surface area contributed by atoms with Crippen molar-refractivity contribution < 1.29 is 4.74 Å². The molecule has 8 heavy (non-hydrogen) atoms. The molecule has 2 heteroatoms. The van der Waals surface area contributed by atoms with Gasteiger partial charge in [0.15, 0.2) is 0 Å². The Bertz CT molecular complexity index is 72.6. The molecular weight excluding hydrogens is 120 g/mol. The maximum atomic E-state index is 5.33. The molecule has 1 rings (SSSR count). The van der Waals surface area contributed by atoms with Crippen molar-refractivity contribution in [1.29, 1.82) is 0 Å². The van der Waals surface area contributed by atoms with Crippen molar-refractivity contribution in [3.8, 4) is 0 Å². The van der Waals surface area contributed by atoms with Gasteiger partial charge < -0.3 is 4.74 Å². The van der Waals surface area contributed by atoms with Crippen LogP contribution >= 0.6 is 12.6 Å². The molecule has 0 amide bonds. The molecule has 1 saturated heterocycles. The second kappa shape index (κ2) is 2.28. The zero-order valence-corrected chi connectivity index (χ0v) is 6.08. The summed E-state index contributed by atoms with van der Waals surface area (Å²) in [5.41, 5.74) is 0. The second-order valence-electron chi connectivity index (χ2n) is 2.48. The Balaban J connectivity index is 2.33. The van der Waals surface area contributed by atoms with Gasteiger partial charge in [-0.2, -0.15) is 0 Å². The summed E-state index contributed by atoms with van der Waals surface area (Å²) in [5, 5.41) is 0. The van der Waals surface area contributed by atoms with Crippen molar-refractivity contribution in [2.75, 3.05) is 6.61 Å². The molecule has 0 N–H and O–H groups in total. The highest BCUT2D eigenvalue weighted by Gasteiger charge is 2.21. The third-order valence-corrected chi connectivity index (χ3v) is 1.80. The highest BCUT2D eigenvalue weighted by Crippen LogP contribution is 2.26. The maximum Gasteiger partial charge on any atom is 0.108 e. The molecule has 0 saturated carbocycles. The summed E-state index contributed by atoms with van der Waals surface area (Å²) in [4.78, 5) is -0.127. The summed E-state index contributed by atoms with van der Waals surface area (Å²) >= 11 is 4.30. The molecule has 0 bridgehead atoms. The number of hydrogen-bond donors (Lipinski definition) is 1. The Morgan fingerprint density at radius 2 is 2.25 bits per heavy atom. The van der Waals surface area contributed by atoms with E-state index < -0.39 is 0 Å². The molecule has 0 radical (unpaired) electrons. The minimum Gasteiger partial charge on any atom is -0.365 e. The molecule has 48 valence electrons. The summed E-state index contributed by atoms with van der Waals surface area (Å²) in [6.45, 7) is 2.91. The summed E-state index contributed by atoms with van der Waals surface area (Å²) in [6, 6.07) is 0. The molecule has 0 unspecified atom stereocenters. The predicted octanol–water partition coefficient (Wildman–Crippen LogP) is 1.83.